The van der Waals surface area contributed by atoms with Crippen LogP contribution in [0.2, 0.25) is 0 Å². The first-order valence-corrected chi connectivity index (χ1v) is 12.4. The lowest BCUT2D eigenvalue weighted by atomic mass is 10.1. The van der Waals surface area contributed by atoms with Crippen molar-refractivity contribution in [3.05, 3.63) is 78.6 Å². The van der Waals surface area contributed by atoms with Crippen LogP contribution in [0.4, 0.5) is 5.69 Å². The van der Waals surface area contributed by atoms with E-state index in [0.29, 0.717) is 17.5 Å². The van der Waals surface area contributed by atoms with Crippen molar-refractivity contribution in [1.29, 1.82) is 0 Å². The third kappa shape index (κ3) is 5.83. The van der Waals surface area contributed by atoms with Crippen molar-refractivity contribution in [2.45, 2.75) is 35.7 Å². The van der Waals surface area contributed by atoms with Gasteiger partial charge in [0.1, 0.15) is 11.6 Å². The summed E-state index contributed by atoms with van der Waals surface area (Å²) in [5, 5.41) is 11.6. The number of thioether (sulfide) groups is 1. The number of carbonyl (C=O) groups excluding carboxylic acids is 1. The molecule has 0 radical (unpaired) electrons. The van der Waals surface area contributed by atoms with Crippen LogP contribution in [0.25, 0.3) is 0 Å². The molecule has 1 N–H and O–H groups in total. The number of hydrogen-bond acceptors (Lipinski definition) is 6. The van der Waals surface area contributed by atoms with Gasteiger partial charge in [-0.1, -0.05) is 61.2 Å². The second-order valence-corrected chi connectivity index (χ2v) is 9.65. The molecule has 3 rings (SSSR count). The number of rotatable bonds is 10. The van der Waals surface area contributed by atoms with Crippen molar-refractivity contribution in [2.75, 3.05) is 11.1 Å². The maximum absolute atomic E-state index is 12.7. The quantitative estimate of drug-likeness (QED) is 0.369. The summed E-state index contributed by atoms with van der Waals surface area (Å²) in [7, 11) is -3.57. The molecule has 0 saturated carbocycles. The van der Waals surface area contributed by atoms with Crippen LogP contribution < -0.4 is 5.32 Å². The van der Waals surface area contributed by atoms with E-state index in [-0.39, 0.29) is 22.3 Å². The van der Waals surface area contributed by atoms with Crippen LogP contribution >= 0.6 is 11.8 Å². The summed E-state index contributed by atoms with van der Waals surface area (Å²) in [6, 6.07) is 15.9. The van der Waals surface area contributed by atoms with Gasteiger partial charge in [0.15, 0.2) is 15.0 Å². The average Bonchev–Trinajstić information content (AvgIpc) is 3.14. The van der Waals surface area contributed by atoms with Gasteiger partial charge in [-0.3, -0.25) is 4.79 Å². The largest absolute Gasteiger partial charge is 0.325 e. The summed E-state index contributed by atoms with van der Waals surface area (Å²) in [4.78, 5) is 12.7. The van der Waals surface area contributed by atoms with E-state index in [0.717, 1.165) is 17.7 Å². The average molecular weight is 457 g/mol. The van der Waals surface area contributed by atoms with Crippen molar-refractivity contribution in [1.82, 2.24) is 14.8 Å². The molecule has 2 aromatic carbocycles. The van der Waals surface area contributed by atoms with Gasteiger partial charge in [-0.15, -0.1) is 16.8 Å². The van der Waals surface area contributed by atoms with Crippen LogP contribution in [0, 0.1) is 0 Å². The lowest BCUT2D eigenvalue weighted by Gasteiger charge is -2.10. The zero-order chi connectivity index (χ0) is 22.3. The Kier molecular flexibility index (Phi) is 7.64. The Labute approximate surface area is 186 Å². The topological polar surface area (TPSA) is 93.9 Å². The first kappa shape index (κ1) is 22.8. The molecule has 0 spiro atoms. The molecule has 9 heteroatoms. The highest BCUT2D eigenvalue weighted by Gasteiger charge is 2.21. The summed E-state index contributed by atoms with van der Waals surface area (Å²) in [6.07, 6.45) is 2.46. The number of amides is 1. The standard InChI is InChI=1S/C22H24N4O3S2/c1-3-14-26-20(16-31(28,29)18-11-6-5-7-12-18)24-25-22(26)30-15-21(27)23-19-13-9-8-10-17(19)4-2/h3,5-13H,1,4,14-16H2,2H3,(H,23,27). The molecule has 1 aromatic heterocycles. The molecule has 0 saturated heterocycles. The van der Waals surface area contributed by atoms with Gasteiger partial charge >= 0.3 is 0 Å². The van der Waals surface area contributed by atoms with E-state index in [9.17, 15) is 13.2 Å². The lowest BCUT2D eigenvalue weighted by Crippen LogP contribution is -2.16. The van der Waals surface area contributed by atoms with Crippen molar-refractivity contribution >= 4 is 33.2 Å². The van der Waals surface area contributed by atoms with Crippen LogP contribution in [-0.4, -0.2) is 34.8 Å². The van der Waals surface area contributed by atoms with Gasteiger partial charge in [-0.25, -0.2) is 8.42 Å². The summed E-state index contributed by atoms with van der Waals surface area (Å²) >= 11 is 1.21. The third-order valence-electron chi connectivity index (χ3n) is 4.53. The number of allylic oxidation sites excluding steroid dienone is 1. The number of aryl methyl sites for hydroxylation is 1. The number of sulfone groups is 1. The van der Waals surface area contributed by atoms with Crippen LogP contribution in [-0.2, 0) is 33.4 Å². The van der Waals surface area contributed by atoms with Crippen molar-refractivity contribution in [2.24, 2.45) is 0 Å². The number of hydrogen-bond donors (Lipinski definition) is 1. The second kappa shape index (κ2) is 10.4. The van der Waals surface area contributed by atoms with Crippen molar-refractivity contribution < 1.29 is 13.2 Å². The minimum Gasteiger partial charge on any atom is -0.325 e. The van der Waals surface area contributed by atoms with E-state index >= 15 is 0 Å². The molecule has 3 aromatic rings. The van der Waals surface area contributed by atoms with Gasteiger partial charge in [-0.2, -0.15) is 0 Å². The number of anilines is 1. The molecule has 0 unspecified atom stereocenters. The smallest absolute Gasteiger partial charge is 0.234 e. The van der Waals surface area contributed by atoms with E-state index < -0.39 is 9.84 Å². The van der Waals surface area contributed by atoms with Gasteiger partial charge in [0.2, 0.25) is 5.91 Å². The molecule has 0 aliphatic carbocycles. The lowest BCUT2D eigenvalue weighted by molar-refractivity contribution is -0.113. The molecule has 162 valence electrons. The van der Waals surface area contributed by atoms with Gasteiger partial charge in [0, 0.05) is 12.2 Å². The van der Waals surface area contributed by atoms with Gasteiger partial charge in [0.05, 0.1) is 10.6 Å². The van der Waals surface area contributed by atoms with Crippen molar-refractivity contribution in [3.8, 4) is 0 Å². The normalized spacial score (nSPS) is 11.3. The molecule has 1 amide bonds. The second-order valence-electron chi connectivity index (χ2n) is 6.72. The minimum absolute atomic E-state index is 0.124. The SMILES string of the molecule is C=CCn1c(CS(=O)(=O)c2ccccc2)nnc1SCC(=O)Nc1ccccc1CC. The van der Waals surface area contributed by atoms with Crippen LogP contribution in [0.1, 0.15) is 18.3 Å². The summed E-state index contributed by atoms with van der Waals surface area (Å²) in [5.41, 5.74) is 1.85. The van der Waals surface area contributed by atoms with E-state index in [4.69, 9.17) is 0 Å². The monoisotopic (exact) mass is 456 g/mol. The Balaban J connectivity index is 1.72. The molecule has 0 bridgehead atoms. The highest BCUT2D eigenvalue weighted by atomic mass is 32.2. The maximum Gasteiger partial charge on any atom is 0.234 e. The minimum atomic E-state index is -3.57. The Hall–Kier alpha value is -2.91. The van der Waals surface area contributed by atoms with Crippen LogP contribution in [0.5, 0.6) is 0 Å². The van der Waals surface area contributed by atoms with E-state index in [1.54, 1.807) is 41.0 Å². The zero-order valence-electron chi connectivity index (χ0n) is 17.2. The fourth-order valence-electron chi connectivity index (χ4n) is 2.99. The highest BCUT2D eigenvalue weighted by molar-refractivity contribution is 7.99. The van der Waals surface area contributed by atoms with Crippen LogP contribution in [0.3, 0.4) is 0 Å². The van der Waals surface area contributed by atoms with Gasteiger partial charge in [0.25, 0.3) is 0 Å². The zero-order valence-corrected chi connectivity index (χ0v) is 18.8. The van der Waals surface area contributed by atoms with Crippen LogP contribution in [0.15, 0.2) is 77.3 Å². The van der Waals surface area contributed by atoms with E-state index in [1.807, 2.05) is 31.2 Å². The maximum atomic E-state index is 12.7. The molecular formula is C22H24N4O3S2. The Morgan fingerprint density at radius 1 is 1.13 bits per heavy atom. The van der Waals surface area contributed by atoms with Gasteiger partial charge < -0.3 is 9.88 Å². The molecule has 0 aliphatic rings. The predicted molar refractivity (Wildman–Crippen MR) is 123 cm³/mol. The number of carbonyl (C=O) groups is 1. The molecule has 1 heterocycles. The van der Waals surface area contributed by atoms with E-state index in [2.05, 4.69) is 22.1 Å². The summed E-state index contributed by atoms with van der Waals surface area (Å²) in [5.74, 6) is -0.0201. The number of nitrogens with one attached hydrogen (secondary N) is 1. The summed E-state index contributed by atoms with van der Waals surface area (Å²) < 4.78 is 27.1. The van der Waals surface area contributed by atoms with Gasteiger partial charge in [-0.05, 0) is 30.2 Å². The Bertz CT molecular complexity index is 1160. The number of aromatic nitrogens is 3. The van der Waals surface area contributed by atoms with E-state index in [1.165, 1.54) is 11.8 Å². The third-order valence-corrected chi connectivity index (χ3v) is 7.13. The molecule has 31 heavy (non-hydrogen) atoms. The fourth-order valence-corrected chi connectivity index (χ4v) is 5.05. The number of para-hydroxylation sites is 1. The molecular weight excluding hydrogens is 432 g/mol. The highest BCUT2D eigenvalue weighted by Crippen LogP contribution is 2.22. The molecule has 0 aliphatic heterocycles. The summed E-state index contributed by atoms with van der Waals surface area (Å²) in [6.45, 7) is 6.10. The first-order chi connectivity index (χ1) is 14.9. The first-order valence-electron chi connectivity index (χ1n) is 9.76. The predicted octanol–water partition coefficient (Wildman–Crippen LogP) is 3.73. The molecule has 0 atom stereocenters. The fraction of sp³-hybridized carbons (Fsp3) is 0.227. The Morgan fingerprint density at radius 2 is 1.84 bits per heavy atom. The molecule has 0 fully saturated rings. The molecule has 7 nitrogen and oxygen atoms in total. The Morgan fingerprint density at radius 3 is 2.55 bits per heavy atom. The number of nitrogens with zero attached hydrogens (tertiary/aromatic N) is 3. The van der Waals surface area contributed by atoms with Crippen molar-refractivity contribution in [3.63, 3.8) is 0 Å². The number of benzene rings is 2.